The fourth-order valence-electron chi connectivity index (χ4n) is 7.83. The third-order valence-corrected chi connectivity index (χ3v) is 14.2. The van der Waals surface area contributed by atoms with Gasteiger partial charge in [-0.25, -0.2) is 9.76 Å². The summed E-state index contributed by atoms with van der Waals surface area (Å²) < 4.78 is 40.8. The maximum atomic E-state index is 12.2. The van der Waals surface area contributed by atoms with Crippen LogP contribution in [-0.4, -0.2) is 168 Å². The fraction of sp³-hybridized carbons (Fsp3) is 0.622. The minimum absolute atomic E-state index is 0.0892. The van der Waals surface area contributed by atoms with Crippen molar-refractivity contribution < 1.29 is 47.2 Å². The van der Waals surface area contributed by atoms with Crippen LogP contribution in [0.25, 0.3) is 0 Å². The highest BCUT2D eigenvalue weighted by atomic mass is 35.5. The molecule has 3 atom stereocenters. The van der Waals surface area contributed by atoms with E-state index in [4.69, 9.17) is 46.7 Å². The van der Waals surface area contributed by atoms with Crippen molar-refractivity contribution in [1.82, 2.24) is 35.1 Å². The Kier molecular flexibility index (Phi) is 24.2. The molecule has 0 saturated carbocycles. The Hall–Kier alpha value is -4.02. The van der Waals surface area contributed by atoms with Gasteiger partial charge in [-0.3, -0.25) is 44.2 Å². The topological polar surface area (TPSA) is 204 Å². The highest BCUT2D eigenvalue weighted by Crippen LogP contribution is 2.49. The van der Waals surface area contributed by atoms with Crippen LogP contribution < -0.4 is 34.7 Å². The quantitative estimate of drug-likeness (QED) is 0.0908. The second-order valence-corrected chi connectivity index (χ2v) is 19.4. The summed E-state index contributed by atoms with van der Waals surface area (Å²) in [6.07, 6.45) is 3.50. The number of imide groups is 2. The minimum atomic E-state index is -2.84. The number of nitriles is 1. The summed E-state index contributed by atoms with van der Waals surface area (Å²) >= 11 is 11.1. The van der Waals surface area contributed by atoms with Crippen LogP contribution in [0.1, 0.15) is 51.2 Å². The van der Waals surface area contributed by atoms with Crippen molar-refractivity contribution in [3.05, 3.63) is 47.5 Å². The van der Waals surface area contributed by atoms with Gasteiger partial charge in [-0.05, 0) is 87.5 Å². The van der Waals surface area contributed by atoms with Crippen LogP contribution in [0.3, 0.4) is 0 Å². The summed E-state index contributed by atoms with van der Waals surface area (Å²) in [5.74, 6) is 2.57. The first-order chi connectivity index (χ1) is 31.5. The number of nitrogens with one attached hydrogen (secondary N) is 3. The van der Waals surface area contributed by atoms with Crippen LogP contribution in [-0.2, 0) is 40.1 Å². The predicted octanol–water partition coefficient (Wildman–Crippen LogP) is 4.27. The lowest BCUT2D eigenvalue weighted by Crippen LogP contribution is -2.58. The second kappa shape index (κ2) is 28.3. The normalized spacial score (nSPS) is 19.6. The molecule has 18 nitrogen and oxygen atoms in total. The molecule has 2 unspecified atom stereocenters. The number of piperazine rings is 2. The number of ether oxygens (including phenoxy) is 4. The molecule has 3 N–H and O–H groups in total. The molecule has 2 aromatic rings. The first-order valence-corrected chi connectivity index (χ1v) is 24.7. The van der Waals surface area contributed by atoms with Gasteiger partial charge in [0, 0.05) is 50.5 Å². The second-order valence-electron chi connectivity index (χ2n) is 16.5. The molecule has 0 bridgehead atoms. The number of methoxy groups -OCH3 is 4. The van der Waals surface area contributed by atoms with Crippen LogP contribution in [0.15, 0.2) is 36.4 Å². The van der Waals surface area contributed by atoms with Crippen molar-refractivity contribution in [1.29, 1.82) is 5.26 Å². The lowest BCUT2D eigenvalue weighted by atomic mass is 9.69. The van der Waals surface area contributed by atoms with Crippen LogP contribution >= 0.6 is 30.9 Å². The van der Waals surface area contributed by atoms with E-state index < -0.39 is 13.1 Å². The summed E-state index contributed by atoms with van der Waals surface area (Å²) in [7, 11) is 5.83. The number of hydrogen-bond donors (Lipinski definition) is 3. The van der Waals surface area contributed by atoms with E-state index in [1.54, 1.807) is 42.9 Å². The Labute approximate surface area is 400 Å². The van der Waals surface area contributed by atoms with E-state index in [-0.39, 0.29) is 61.8 Å². The molecule has 0 spiro atoms. The van der Waals surface area contributed by atoms with Gasteiger partial charge in [0.15, 0.2) is 23.0 Å². The minimum Gasteiger partial charge on any atom is -0.493 e. The molecule has 66 heavy (non-hydrogen) atoms. The molecular formula is C45H69Cl2N8O10P. The Morgan fingerprint density at radius 1 is 0.848 bits per heavy atom. The van der Waals surface area contributed by atoms with Gasteiger partial charge in [0.25, 0.3) is 0 Å². The van der Waals surface area contributed by atoms with E-state index >= 15 is 0 Å². The monoisotopic (exact) mass is 982 g/mol. The average Bonchev–Trinajstić information content (AvgIpc) is 3.29. The van der Waals surface area contributed by atoms with Gasteiger partial charge < -0.3 is 28.4 Å². The van der Waals surface area contributed by atoms with E-state index in [1.165, 1.54) is 5.56 Å². The summed E-state index contributed by atoms with van der Waals surface area (Å²) in [5.41, 5.74) is 1.60. The smallest absolute Gasteiger partial charge is 0.343 e. The standard InChI is InChI=1S/C27H38N2O4.C11H16N4O4.C7H15Cl2N2O2P/c1-20(2)27(19-28,22-10-12-24(31-5)26(18-22)33-7)14-8-15-29(3)16-13-21-9-11-23(30-4)25(17-21)32-6;1-7(15-5-10(18)13-11(19)6-15)2-14-3-8(16)12-9(17)4-14;8-2-4-10-14(12)11(6-3-9)5-1-7-13-14/h9-12,17-18,20H,8,13-16H2,1-7H3;7H,2-6H2,1H3,(H,12,16,17)(H,13,18,19);1-7H2,(H,10,12)/t;7-;/m.0./s1. The summed E-state index contributed by atoms with van der Waals surface area (Å²) in [4.78, 5) is 50.8. The SMILES string of the molecule is COc1ccc(CCN(C)CCCC(C#N)(c2ccc(OC)c(OC)c2)C(C)C)cc1OC.C[C@@H](CN1CC(=O)NC(=O)C1)N1CC(=O)NC(=O)C1.O=P1(NCCCl)OCCCN1CCCl. The predicted molar refractivity (Wildman–Crippen MR) is 255 cm³/mol. The molecule has 21 heteroatoms. The van der Waals surface area contributed by atoms with Crippen LogP contribution in [0.5, 0.6) is 23.0 Å². The summed E-state index contributed by atoms with van der Waals surface area (Å²) in [6, 6.07) is 14.4. The number of likely N-dealkylation sites (N-methyl/N-ethyl adjacent to an activating group) is 1. The van der Waals surface area contributed by atoms with Gasteiger partial charge in [0.1, 0.15) is 0 Å². The Morgan fingerprint density at radius 3 is 1.97 bits per heavy atom. The summed E-state index contributed by atoms with van der Waals surface area (Å²) in [6.45, 7) is 11.4. The Balaban J connectivity index is 0.000000293. The molecule has 0 aromatic heterocycles. The molecular weight excluding hydrogens is 914 g/mol. The molecule has 3 aliphatic heterocycles. The average molecular weight is 984 g/mol. The van der Waals surface area contributed by atoms with Crippen LogP contribution in [0.2, 0.25) is 0 Å². The number of nitrogens with zero attached hydrogens (tertiary/aromatic N) is 5. The van der Waals surface area contributed by atoms with Gasteiger partial charge in [-0.2, -0.15) is 5.26 Å². The number of carbonyl (C=O) groups is 4. The van der Waals surface area contributed by atoms with Crippen molar-refractivity contribution in [3.8, 4) is 29.1 Å². The third-order valence-electron chi connectivity index (χ3n) is 11.5. The molecule has 3 heterocycles. The number of benzene rings is 2. The first-order valence-electron chi connectivity index (χ1n) is 22.0. The highest BCUT2D eigenvalue weighted by Gasteiger charge is 2.37. The van der Waals surface area contributed by atoms with E-state index in [0.29, 0.717) is 49.5 Å². The molecule has 3 fully saturated rings. The molecule has 368 valence electrons. The molecule has 3 saturated heterocycles. The zero-order valence-electron chi connectivity index (χ0n) is 39.7. The van der Waals surface area contributed by atoms with E-state index in [9.17, 15) is 29.0 Å². The Bertz CT molecular complexity index is 1960. The number of rotatable bonds is 21. The largest absolute Gasteiger partial charge is 0.493 e. The number of hydrogen-bond acceptors (Lipinski definition) is 14. The van der Waals surface area contributed by atoms with E-state index in [2.05, 4.69) is 53.7 Å². The molecule has 0 radical (unpaired) electrons. The van der Waals surface area contributed by atoms with Crippen molar-refractivity contribution in [2.45, 2.75) is 57.9 Å². The van der Waals surface area contributed by atoms with Crippen LogP contribution in [0.4, 0.5) is 0 Å². The maximum Gasteiger partial charge on any atom is 0.343 e. The van der Waals surface area contributed by atoms with Gasteiger partial charge in [0.05, 0.1) is 72.7 Å². The van der Waals surface area contributed by atoms with Crippen molar-refractivity contribution in [2.75, 3.05) is 119 Å². The maximum absolute atomic E-state index is 12.2. The lowest BCUT2D eigenvalue weighted by Gasteiger charge is -2.35. The zero-order chi connectivity index (χ0) is 48.9. The van der Waals surface area contributed by atoms with E-state index in [0.717, 1.165) is 62.4 Å². The van der Waals surface area contributed by atoms with Crippen molar-refractivity contribution in [2.24, 2.45) is 5.92 Å². The highest BCUT2D eigenvalue weighted by molar-refractivity contribution is 7.54. The molecule has 4 amide bonds. The van der Waals surface area contributed by atoms with Gasteiger partial charge in [-0.15, -0.1) is 23.2 Å². The van der Waals surface area contributed by atoms with Crippen LogP contribution in [0, 0.1) is 17.2 Å². The fourth-order valence-corrected chi connectivity index (χ4v) is 10.4. The molecule has 2 aromatic carbocycles. The number of halogens is 2. The molecule has 5 rings (SSSR count). The Morgan fingerprint density at radius 2 is 1.42 bits per heavy atom. The van der Waals surface area contributed by atoms with Crippen molar-refractivity contribution >= 4 is 54.5 Å². The molecule has 0 aliphatic carbocycles. The number of amides is 4. The number of alkyl halides is 2. The van der Waals surface area contributed by atoms with Crippen molar-refractivity contribution in [3.63, 3.8) is 0 Å². The van der Waals surface area contributed by atoms with Gasteiger partial charge in [0.2, 0.25) is 23.6 Å². The summed E-state index contributed by atoms with van der Waals surface area (Å²) in [5, 5.41) is 17.5. The number of carbonyl (C=O) groups excluding carboxylic acids is 4. The zero-order valence-corrected chi connectivity index (χ0v) is 42.1. The lowest BCUT2D eigenvalue weighted by molar-refractivity contribution is -0.140. The van der Waals surface area contributed by atoms with Gasteiger partial charge in [-0.1, -0.05) is 26.0 Å². The third kappa shape index (κ3) is 16.9. The molecule has 3 aliphatic rings. The van der Waals surface area contributed by atoms with E-state index in [1.807, 2.05) is 37.3 Å². The van der Waals surface area contributed by atoms with Gasteiger partial charge >= 0.3 is 7.67 Å². The first kappa shape index (κ1) is 56.3.